The molecule has 6 nitrogen and oxygen atoms in total. The van der Waals surface area contributed by atoms with E-state index >= 15 is 0 Å². The van der Waals surface area contributed by atoms with Gasteiger partial charge in [-0.1, -0.05) is 54.1 Å². The monoisotopic (exact) mass is 499 g/mol. The Hall–Kier alpha value is -4.29. The highest BCUT2D eigenvalue weighted by atomic mass is 35.5. The molecule has 0 saturated carbocycles. The van der Waals surface area contributed by atoms with Crippen molar-refractivity contribution in [3.63, 3.8) is 0 Å². The van der Waals surface area contributed by atoms with Gasteiger partial charge < -0.3 is 14.6 Å². The highest BCUT2D eigenvalue weighted by molar-refractivity contribution is 6.52. The molecule has 0 aliphatic carbocycles. The Morgan fingerprint density at radius 3 is 2.25 bits per heavy atom. The molecule has 1 aliphatic rings. The van der Waals surface area contributed by atoms with Gasteiger partial charge in [-0.15, -0.1) is 0 Å². The first-order valence-electron chi connectivity index (χ1n) is 11.2. The molecule has 36 heavy (non-hydrogen) atoms. The van der Waals surface area contributed by atoms with Crippen LogP contribution in [0.1, 0.15) is 17.2 Å². The third-order valence-electron chi connectivity index (χ3n) is 6.34. The molecule has 180 valence electrons. The van der Waals surface area contributed by atoms with E-state index in [4.69, 9.17) is 21.1 Å². The predicted molar refractivity (Wildman–Crippen MR) is 140 cm³/mol. The first-order valence-corrected chi connectivity index (χ1v) is 11.6. The quantitative estimate of drug-likeness (QED) is 0.203. The lowest BCUT2D eigenvalue weighted by atomic mass is 9.91. The third kappa shape index (κ3) is 3.85. The van der Waals surface area contributed by atoms with Crippen molar-refractivity contribution < 1.29 is 24.2 Å². The maximum absolute atomic E-state index is 13.5. The molecule has 5 rings (SSSR count). The van der Waals surface area contributed by atoms with E-state index in [0.29, 0.717) is 22.7 Å². The van der Waals surface area contributed by atoms with Gasteiger partial charge in [0, 0.05) is 11.3 Å². The van der Waals surface area contributed by atoms with Crippen LogP contribution in [0.5, 0.6) is 11.5 Å². The van der Waals surface area contributed by atoms with E-state index in [9.17, 15) is 14.7 Å². The molecule has 7 heteroatoms. The Bertz CT molecular complexity index is 1520. The smallest absolute Gasteiger partial charge is 0.300 e. The number of anilines is 1. The van der Waals surface area contributed by atoms with Crippen molar-refractivity contribution in [1.82, 2.24) is 0 Å². The van der Waals surface area contributed by atoms with Crippen molar-refractivity contribution in [3.8, 4) is 11.5 Å². The predicted octanol–water partition coefficient (Wildman–Crippen LogP) is 6.14. The van der Waals surface area contributed by atoms with Crippen molar-refractivity contribution in [2.75, 3.05) is 19.1 Å². The summed E-state index contributed by atoms with van der Waals surface area (Å²) in [6.07, 6.45) is 0. The molecule has 1 N–H and O–H groups in total. The van der Waals surface area contributed by atoms with E-state index in [2.05, 4.69) is 0 Å². The van der Waals surface area contributed by atoms with Crippen molar-refractivity contribution in [1.29, 1.82) is 0 Å². The minimum Gasteiger partial charge on any atom is -0.507 e. The Labute approximate surface area is 212 Å². The van der Waals surface area contributed by atoms with Gasteiger partial charge in [0.25, 0.3) is 11.7 Å². The summed E-state index contributed by atoms with van der Waals surface area (Å²) in [5, 5.41) is 13.5. The molecular formula is C29H22ClNO5. The second kappa shape index (κ2) is 9.40. The van der Waals surface area contributed by atoms with Crippen LogP contribution in [0.25, 0.3) is 16.5 Å². The zero-order valence-electron chi connectivity index (χ0n) is 19.6. The summed E-state index contributed by atoms with van der Waals surface area (Å²) >= 11 is 6.41. The van der Waals surface area contributed by atoms with E-state index in [-0.39, 0.29) is 21.9 Å². The average molecular weight is 500 g/mol. The van der Waals surface area contributed by atoms with Crippen molar-refractivity contribution in [2.45, 2.75) is 6.04 Å². The van der Waals surface area contributed by atoms with Gasteiger partial charge >= 0.3 is 0 Å². The Morgan fingerprint density at radius 1 is 0.861 bits per heavy atom. The van der Waals surface area contributed by atoms with E-state index < -0.39 is 17.7 Å². The van der Waals surface area contributed by atoms with Crippen LogP contribution in [0.2, 0.25) is 5.02 Å². The summed E-state index contributed by atoms with van der Waals surface area (Å²) < 4.78 is 10.5. The number of methoxy groups -OCH3 is 2. The third-order valence-corrected chi connectivity index (χ3v) is 6.67. The molecule has 1 heterocycles. The zero-order chi connectivity index (χ0) is 25.4. The number of amides is 1. The van der Waals surface area contributed by atoms with Crippen LogP contribution in [0.15, 0.2) is 90.5 Å². The van der Waals surface area contributed by atoms with Gasteiger partial charge in [-0.05, 0) is 58.8 Å². The highest BCUT2D eigenvalue weighted by Crippen LogP contribution is 2.45. The number of carbonyl (C=O) groups excluding carboxylic acids is 2. The topological polar surface area (TPSA) is 76.1 Å². The van der Waals surface area contributed by atoms with Crippen molar-refractivity contribution in [3.05, 3.63) is 107 Å². The molecule has 0 spiro atoms. The van der Waals surface area contributed by atoms with Crippen LogP contribution in [-0.2, 0) is 9.59 Å². The number of ether oxygens (including phenoxy) is 2. The molecule has 1 fully saturated rings. The van der Waals surface area contributed by atoms with E-state index in [1.54, 1.807) is 49.6 Å². The summed E-state index contributed by atoms with van der Waals surface area (Å²) in [5.41, 5.74) is 1.34. The lowest BCUT2D eigenvalue weighted by molar-refractivity contribution is -0.132. The number of hydrogen-bond acceptors (Lipinski definition) is 5. The number of aliphatic hydroxyl groups is 1. The maximum atomic E-state index is 13.5. The van der Waals surface area contributed by atoms with Gasteiger partial charge in [0.2, 0.25) is 0 Å². The maximum Gasteiger partial charge on any atom is 0.300 e. The number of Topliss-reactive ketones (excluding diaryl/α,β-unsaturated/α-hetero) is 1. The number of rotatable bonds is 5. The van der Waals surface area contributed by atoms with Gasteiger partial charge in [0.1, 0.15) is 17.3 Å². The second-order valence-corrected chi connectivity index (χ2v) is 8.69. The molecule has 4 aromatic rings. The number of fused-ring (bicyclic) bond motifs is 1. The molecule has 1 aliphatic heterocycles. The van der Waals surface area contributed by atoms with Gasteiger partial charge in [0.05, 0.1) is 30.9 Å². The van der Waals surface area contributed by atoms with Crippen LogP contribution in [0, 0.1) is 0 Å². The largest absolute Gasteiger partial charge is 0.507 e. The lowest BCUT2D eigenvalue weighted by Crippen LogP contribution is -2.29. The molecule has 0 radical (unpaired) electrons. The summed E-state index contributed by atoms with van der Waals surface area (Å²) in [6, 6.07) is 24.1. The number of halogens is 1. The number of carbonyl (C=O) groups is 2. The number of hydrogen-bond donors (Lipinski definition) is 1. The summed E-state index contributed by atoms with van der Waals surface area (Å²) in [6.45, 7) is 0. The molecule has 1 saturated heterocycles. The highest BCUT2D eigenvalue weighted by Gasteiger charge is 2.47. The normalized spacial score (nSPS) is 17.0. The first kappa shape index (κ1) is 23.5. The molecule has 1 amide bonds. The van der Waals surface area contributed by atoms with E-state index in [0.717, 1.165) is 10.8 Å². The minimum absolute atomic E-state index is 0.0534. The van der Waals surface area contributed by atoms with Crippen molar-refractivity contribution in [2.24, 2.45) is 0 Å². The van der Waals surface area contributed by atoms with E-state index in [1.165, 1.54) is 12.0 Å². The fourth-order valence-corrected chi connectivity index (χ4v) is 4.79. The van der Waals surface area contributed by atoms with Crippen LogP contribution < -0.4 is 14.4 Å². The first-order chi connectivity index (χ1) is 17.4. The average Bonchev–Trinajstić information content (AvgIpc) is 3.18. The number of nitrogens with zero attached hydrogens (tertiary/aromatic N) is 1. The molecule has 0 aromatic heterocycles. The molecule has 1 unspecified atom stereocenters. The zero-order valence-corrected chi connectivity index (χ0v) is 20.3. The molecular weight excluding hydrogens is 478 g/mol. The summed E-state index contributed by atoms with van der Waals surface area (Å²) in [7, 11) is 3.04. The minimum atomic E-state index is -0.897. The van der Waals surface area contributed by atoms with Gasteiger partial charge in [0.15, 0.2) is 0 Å². The SMILES string of the molecule is COc1ccc(N2C(=O)C(=O)/C(=C(/O)c3cc(OC)ccc3Cl)C2c2cccc3ccccc23)cc1. The van der Waals surface area contributed by atoms with Crippen LogP contribution in [-0.4, -0.2) is 31.0 Å². The molecule has 1 atom stereocenters. The molecule has 4 aromatic carbocycles. The van der Waals surface area contributed by atoms with Gasteiger partial charge in [-0.2, -0.15) is 0 Å². The number of benzene rings is 4. The van der Waals surface area contributed by atoms with Gasteiger partial charge in [-0.3, -0.25) is 14.5 Å². The van der Waals surface area contributed by atoms with Crippen LogP contribution in [0.3, 0.4) is 0 Å². The number of ketones is 1. The molecule has 0 bridgehead atoms. The fraction of sp³-hybridized carbons (Fsp3) is 0.103. The van der Waals surface area contributed by atoms with Crippen LogP contribution in [0.4, 0.5) is 5.69 Å². The summed E-state index contributed by atoms with van der Waals surface area (Å²) in [5.74, 6) is -0.864. The fourth-order valence-electron chi connectivity index (χ4n) is 4.58. The van der Waals surface area contributed by atoms with E-state index in [1.807, 2.05) is 42.5 Å². The Balaban J connectivity index is 1.80. The Morgan fingerprint density at radius 2 is 1.53 bits per heavy atom. The van der Waals surface area contributed by atoms with Crippen LogP contribution >= 0.6 is 11.6 Å². The Kier molecular flexibility index (Phi) is 6.12. The number of aliphatic hydroxyl groups excluding tert-OH is 1. The second-order valence-electron chi connectivity index (χ2n) is 8.28. The summed E-state index contributed by atoms with van der Waals surface area (Å²) in [4.78, 5) is 28.4. The van der Waals surface area contributed by atoms with Crippen molar-refractivity contribution >= 4 is 45.5 Å². The standard InChI is InChI=1S/C29H22ClNO5/c1-35-19-12-10-18(11-13-19)31-26(22-9-5-7-17-6-3-4-8-21(17)22)25(28(33)29(31)34)27(32)23-16-20(36-2)14-15-24(23)30/h3-16,26,32H,1-2H3/b27-25+. The lowest BCUT2D eigenvalue weighted by Gasteiger charge is -2.26. The van der Waals surface area contributed by atoms with Gasteiger partial charge in [-0.25, -0.2) is 0 Å².